The second-order valence-corrected chi connectivity index (χ2v) is 7.59. The maximum Gasteiger partial charge on any atom is 0.426 e. The van der Waals surface area contributed by atoms with Crippen molar-refractivity contribution in [3.63, 3.8) is 0 Å². The Bertz CT molecular complexity index is 904. The topological polar surface area (TPSA) is 147 Å². The highest BCUT2D eigenvalue weighted by Crippen LogP contribution is 2.41. The normalized spacial score (nSPS) is 17.8. The third-order valence-electron chi connectivity index (χ3n) is 5.33. The predicted molar refractivity (Wildman–Crippen MR) is 115 cm³/mol. The Morgan fingerprint density at radius 1 is 1.17 bits per heavy atom. The van der Waals surface area contributed by atoms with E-state index < -0.39 is 17.7 Å². The van der Waals surface area contributed by atoms with Crippen LogP contribution in [-0.2, 0) is 4.74 Å². The summed E-state index contributed by atoms with van der Waals surface area (Å²) in [6.45, 7) is 5.65. The van der Waals surface area contributed by atoms with Gasteiger partial charge in [-0.2, -0.15) is 4.99 Å². The molecule has 2 aliphatic rings. The van der Waals surface area contributed by atoms with Gasteiger partial charge in [0.1, 0.15) is 5.66 Å². The van der Waals surface area contributed by atoms with Gasteiger partial charge in [0, 0.05) is 0 Å². The Morgan fingerprint density at radius 2 is 1.87 bits per heavy atom. The summed E-state index contributed by atoms with van der Waals surface area (Å²) in [5.41, 5.74) is 18.9. The Balaban J connectivity index is 2.05. The first kappa shape index (κ1) is 21.4. The minimum atomic E-state index is -0.739. The zero-order valence-corrected chi connectivity index (χ0v) is 17.6. The van der Waals surface area contributed by atoms with E-state index in [0.29, 0.717) is 11.3 Å². The van der Waals surface area contributed by atoms with Gasteiger partial charge in [-0.25, -0.2) is 15.2 Å². The van der Waals surface area contributed by atoms with Gasteiger partial charge in [-0.05, 0) is 63.6 Å². The number of aryl methyl sites for hydroxylation is 2. The molecule has 6 N–H and O–H groups in total. The molecule has 1 heterocycles. The van der Waals surface area contributed by atoms with Crippen molar-refractivity contribution in [2.24, 2.45) is 21.5 Å². The quantitative estimate of drug-likeness (QED) is 0.553. The summed E-state index contributed by atoms with van der Waals surface area (Å²) in [6.07, 6.45) is 3.80. The molecule has 3 rings (SSSR count). The predicted octanol–water partition coefficient (Wildman–Crippen LogP) is 1.80. The molecule has 30 heavy (non-hydrogen) atoms. The van der Waals surface area contributed by atoms with Gasteiger partial charge in [0.25, 0.3) is 5.91 Å². The molecule has 10 heteroatoms. The van der Waals surface area contributed by atoms with Crippen molar-refractivity contribution >= 4 is 29.6 Å². The molecule has 1 aliphatic heterocycles. The van der Waals surface area contributed by atoms with E-state index in [1.54, 1.807) is 6.92 Å². The molecule has 0 aromatic heterocycles. The molecule has 0 saturated heterocycles. The SMILES string of the molecule is CCOC(=O)NNC(=O)c1c(C)cc(C)cc1N1C(N)=NC(N)=NC12CCCCC2. The van der Waals surface area contributed by atoms with Crippen LogP contribution in [0.25, 0.3) is 0 Å². The van der Waals surface area contributed by atoms with Gasteiger partial charge in [0.2, 0.25) is 11.9 Å². The van der Waals surface area contributed by atoms with Crippen LogP contribution in [0.15, 0.2) is 22.1 Å². The molecule has 1 fully saturated rings. The van der Waals surface area contributed by atoms with Gasteiger partial charge < -0.3 is 16.2 Å². The molecule has 0 unspecified atom stereocenters. The van der Waals surface area contributed by atoms with Crippen LogP contribution in [0.5, 0.6) is 0 Å². The summed E-state index contributed by atoms with van der Waals surface area (Å²) in [5.74, 6) is -0.149. The summed E-state index contributed by atoms with van der Waals surface area (Å²) in [5, 5.41) is 0. The number of ether oxygens (including phenoxy) is 1. The third-order valence-corrected chi connectivity index (χ3v) is 5.33. The molecular formula is C20H29N7O3. The highest BCUT2D eigenvalue weighted by molar-refractivity contribution is 6.10. The standard InChI is InChI=1S/C20H29N7O3/c1-4-30-19(29)26-25-16(28)15-13(3)10-12(2)11-14(15)27-18(22)23-17(21)24-20(27)8-6-5-7-9-20/h10-11H,4-9H2,1-3H3,(H,25,28)(H,26,29)(H4,21,22,23,24). The minimum Gasteiger partial charge on any atom is -0.449 e. The van der Waals surface area contributed by atoms with Crippen molar-refractivity contribution in [1.82, 2.24) is 10.9 Å². The van der Waals surface area contributed by atoms with Crippen molar-refractivity contribution in [1.29, 1.82) is 0 Å². The number of carbonyl (C=O) groups is 2. The van der Waals surface area contributed by atoms with Crippen LogP contribution in [0.2, 0.25) is 0 Å². The zero-order valence-electron chi connectivity index (χ0n) is 17.6. The van der Waals surface area contributed by atoms with Crippen LogP contribution in [-0.4, -0.2) is 36.2 Å². The monoisotopic (exact) mass is 415 g/mol. The number of hydrogen-bond donors (Lipinski definition) is 4. The Hall–Kier alpha value is -3.30. The molecule has 1 spiro atoms. The summed E-state index contributed by atoms with van der Waals surface area (Å²) in [7, 11) is 0. The summed E-state index contributed by atoms with van der Waals surface area (Å²) >= 11 is 0. The average molecular weight is 415 g/mol. The van der Waals surface area contributed by atoms with Crippen molar-refractivity contribution in [2.45, 2.75) is 58.5 Å². The summed E-state index contributed by atoms with van der Waals surface area (Å²) < 4.78 is 4.80. The van der Waals surface area contributed by atoms with Crippen LogP contribution in [0.3, 0.4) is 0 Å². The zero-order chi connectivity index (χ0) is 21.9. The highest BCUT2D eigenvalue weighted by atomic mass is 16.5. The van der Waals surface area contributed by atoms with Gasteiger partial charge in [-0.3, -0.25) is 15.1 Å². The van der Waals surface area contributed by atoms with E-state index >= 15 is 0 Å². The number of rotatable bonds is 3. The molecule has 0 radical (unpaired) electrons. The van der Waals surface area contributed by atoms with E-state index in [1.165, 1.54) is 0 Å². The minimum absolute atomic E-state index is 0.144. The third kappa shape index (κ3) is 4.17. The number of benzene rings is 1. The molecule has 162 valence electrons. The smallest absolute Gasteiger partial charge is 0.426 e. The largest absolute Gasteiger partial charge is 0.449 e. The van der Waals surface area contributed by atoms with E-state index in [0.717, 1.165) is 43.2 Å². The van der Waals surface area contributed by atoms with E-state index in [-0.39, 0.29) is 18.5 Å². The van der Waals surface area contributed by atoms with Crippen LogP contribution >= 0.6 is 0 Å². The molecule has 0 atom stereocenters. The molecule has 2 amide bonds. The Kier molecular flexibility index (Phi) is 6.14. The lowest BCUT2D eigenvalue weighted by atomic mass is 9.86. The number of hydrogen-bond acceptors (Lipinski definition) is 8. The number of hydrazine groups is 1. The summed E-state index contributed by atoms with van der Waals surface area (Å²) in [4.78, 5) is 35.3. The number of nitrogens with zero attached hydrogens (tertiary/aromatic N) is 3. The number of nitrogens with one attached hydrogen (secondary N) is 2. The van der Waals surface area contributed by atoms with Crippen LogP contribution in [0.4, 0.5) is 10.5 Å². The van der Waals surface area contributed by atoms with Crippen molar-refractivity contribution in [3.05, 3.63) is 28.8 Å². The Labute approximate surface area is 175 Å². The number of guanidine groups is 2. The maximum absolute atomic E-state index is 13.0. The number of aliphatic imine (C=N–C) groups is 2. The first-order chi connectivity index (χ1) is 14.3. The van der Waals surface area contributed by atoms with Gasteiger partial charge in [0.05, 0.1) is 17.9 Å². The number of amides is 2. The molecule has 1 aromatic carbocycles. The van der Waals surface area contributed by atoms with Crippen molar-refractivity contribution in [2.75, 3.05) is 11.5 Å². The molecule has 1 saturated carbocycles. The van der Waals surface area contributed by atoms with Crippen LogP contribution < -0.4 is 27.2 Å². The highest BCUT2D eigenvalue weighted by Gasteiger charge is 2.44. The number of nitrogens with two attached hydrogens (primary N) is 2. The van der Waals surface area contributed by atoms with Crippen molar-refractivity contribution in [3.8, 4) is 0 Å². The van der Waals surface area contributed by atoms with Gasteiger partial charge in [-0.15, -0.1) is 0 Å². The first-order valence-corrected chi connectivity index (χ1v) is 10.1. The van der Waals surface area contributed by atoms with E-state index in [4.69, 9.17) is 16.2 Å². The molecule has 1 aromatic rings. The molecule has 10 nitrogen and oxygen atoms in total. The lowest BCUT2D eigenvalue weighted by Crippen LogP contribution is -2.59. The number of anilines is 1. The van der Waals surface area contributed by atoms with Crippen LogP contribution in [0.1, 0.15) is 60.5 Å². The van der Waals surface area contributed by atoms with E-state index in [1.807, 2.05) is 30.9 Å². The van der Waals surface area contributed by atoms with Crippen LogP contribution in [0, 0.1) is 13.8 Å². The number of carbonyl (C=O) groups excluding carboxylic acids is 2. The molecule has 1 aliphatic carbocycles. The fourth-order valence-corrected chi connectivity index (χ4v) is 4.22. The fourth-order valence-electron chi connectivity index (χ4n) is 4.22. The molecular weight excluding hydrogens is 386 g/mol. The first-order valence-electron chi connectivity index (χ1n) is 10.1. The lowest BCUT2D eigenvalue weighted by Gasteiger charge is -2.46. The molecule has 0 bridgehead atoms. The lowest BCUT2D eigenvalue weighted by molar-refractivity contribution is 0.0912. The van der Waals surface area contributed by atoms with E-state index in [9.17, 15) is 9.59 Å². The van der Waals surface area contributed by atoms with Gasteiger partial charge in [-0.1, -0.05) is 12.5 Å². The Morgan fingerprint density at radius 3 is 2.53 bits per heavy atom. The average Bonchev–Trinajstić information content (AvgIpc) is 2.66. The van der Waals surface area contributed by atoms with Gasteiger partial charge >= 0.3 is 6.09 Å². The summed E-state index contributed by atoms with van der Waals surface area (Å²) in [6, 6.07) is 3.77. The van der Waals surface area contributed by atoms with Crippen molar-refractivity contribution < 1.29 is 14.3 Å². The second kappa shape index (κ2) is 8.60. The fraction of sp³-hybridized carbons (Fsp3) is 0.500. The second-order valence-electron chi connectivity index (χ2n) is 7.59. The van der Waals surface area contributed by atoms with E-state index in [2.05, 4.69) is 20.8 Å². The maximum atomic E-state index is 13.0. The van der Waals surface area contributed by atoms with Gasteiger partial charge in [0.15, 0.2) is 0 Å².